The lowest BCUT2D eigenvalue weighted by molar-refractivity contribution is 0.0303. The fourth-order valence-electron chi connectivity index (χ4n) is 1.94. The lowest BCUT2D eigenvalue weighted by Gasteiger charge is -2.27. The lowest BCUT2D eigenvalue weighted by Crippen LogP contribution is -2.40. The smallest absolute Gasteiger partial charge is 0.254 e. The van der Waals surface area contributed by atoms with Gasteiger partial charge in [-0.15, -0.1) is 0 Å². The maximum absolute atomic E-state index is 12.2. The third-order valence-corrected chi connectivity index (χ3v) is 3.04. The van der Waals surface area contributed by atoms with Gasteiger partial charge in [-0.3, -0.25) is 4.79 Å². The second-order valence-electron chi connectivity index (χ2n) is 4.18. The third-order valence-electron chi connectivity index (χ3n) is 3.04. The molecule has 0 bridgehead atoms. The molecule has 90 valence electrons. The van der Waals surface area contributed by atoms with Crippen LogP contribution in [0.3, 0.4) is 0 Å². The number of hydrogen-bond donors (Lipinski definition) is 0. The number of morpholine rings is 1. The molecule has 1 aliphatic rings. The predicted octanol–water partition coefficient (Wildman–Crippen LogP) is 2.11. The minimum absolute atomic E-state index is 0.0800. The summed E-state index contributed by atoms with van der Waals surface area (Å²) in [5, 5.41) is 0. The van der Waals surface area contributed by atoms with E-state index in [9.17, 15) is 4.79 Å². The molecule has 1 aromatic carbocycles. The van der Waals surface area contributed by atoms with Gasteiger partial charge in [0.25, 0.3) is 5.91 Å². The topological polar surface area (TPSA) is 29.5 Å². The molecule has 1 aliphatic heterocycles. The van der Waals surface area contributed by atoms with E-state index in [1.165, 1.54) is 0 Å². The van der Waals surface area contributed by atoms with Crippen molar-refractivity contribution in [2.24, 2.45) is 0 Å². The molecule has 1 heterocycles. The maximum Gasteiger partial charge on any atom is 0.254 e. The molecule has 1 amide bonds. The normalized spacial score (nSPS) is 15.7. The van der Waals surface area contributed by atoms with E-state index in [0.717, 1.165) is 16.7 Å². The molecule has 2 rings (SSSR count). The highest BCUT2D eigenvalue weighted by Crippen LogP contribution is 2.14. The van der Waals surface area contributed by atoms with Crippen LogP contribution in [0.25, 0.3) is 6.08 Å². The van der Waals surface area contributed by atoms with E-state index in [-0.39, 0.29) is 5.91 Å². The fraction of sp³-hybridized carbons (Fsp3) is 0.357. The first-order valence-electron chi connectivity index (χ1n) is 5.82. The molecule has 17 heavy (non-hydrogen) atoms. The summed E-state index contributed by atoms with van der Waals surface area (Å²) in [7, 11) is 0. The Bertz CT molecular complexity index is 434. The third kappa shape index (κ3) is 2.56. The summed E-state index contributed by atoms with van der Waals surface area (Å²) >= 11 is 0. The van der Waals surface area contributed by atoms with Crippen molar-refractivity contribution >= 4 is 12.0 Å². The Labute approximate surface area is 102 Å². The van der Waals surface area contributed by atoms with Crippen LogP contribution in [0.1, 0.15) is 21.5 Å². The van der Waals surface area contributed by atoms with Crippen molar-refractivity contribution in [3.8, 4) is 0 Å². The van der Waals surface area contributed by atoms with E-state index >= 15 is 0 Å². The molecule has 3 heteroatoms. The second-order valence-corrected chi connectivity index (χ2v) is 4.18. The molecule has 0 N–H and O–H groups in total. The molecule has 0 saturated carbocycles. The van der Waals surface area contributed by atoms with E-state index in [1.807, 2.05) is 30.0 Å². The first kappa shape index (κ1) is 11.9. The van der Waals surface area contributed by atoms with Crippen LogP contribution in [0.15, 0.2) is 24.8 Å². The molecule has 3 nitrogen and oxygen atoms in total. The zero-order chi connectivity index (χ0) is 12.3. The molecule has 1 saturated heterocycles. The molecule has 0 aliphatic carbocycles. The van der Waals surface area contributed by atoms with Gasteiger partial charge >= 0.3 is 0 Å². The maximum atomic E-state index is 12.2. The van der Waals surface area contributed by atoms with Crippen molar-refractivity contribution in [2.75, 3.05) is 26.3 Å². The number of carbonyl (C=O) groups excluding carboxylic acids is 1. The van der Waals surface area contributed by atoms with Crippen molar-refractivity contribution in [1.29, 1.82) is 0 Å². The van der Waals surface area contributed by atoms with Crippen LogP contribution in [0.2, 0.25) is 0 Å². The zero-order valence-electron chi connectivity index (χ0n) is 10.1. The average molecular weight is 231 g/mol. The monoisotopic (exact) mass is 231 g/mol. The first-order chi connectivity index (χ1) is 8.22. The van der Waals surface area contributed by atoms with Crippen LogP contribution in [-0.4, -0.2) is 37.1 Å². The largest absolute Gasteiger partial charge is 0.378 e. The number of ether oxygens (including phenoxy) is 1. The van der Waals surface area contributed by atoms with Crippen molar-refractivity contribution < 1.29 is 9.53 Å². The highest BCUT2D eigenvalue weighted by molar-refractivity contribution is 5.95. The molecule has 0 atom stereocenters. The Morgan fingerprint density at radius 1 is 1.41 bits per heavy atom. The molecule has 0 unspecified atom stereocenters. The van der Waals surface area contributed by atoms with Gasteiger partial charge in [0, 0.05) is 18.7 Å². The van der Waals surface area contributed by atoms with Gasteiger partial charge in [-0.05, 0) is 30.2 Å². The van der Waals surface area contributed by atoms with Crippen LogP contribution >= 0.6 is 0 Å². The summed E-state index contributed by atoms with van der Waals surface area (Å²) in [5.74, 6) is 0.0800. The summed E-state index contributed by atoms with van der Waals surface area (Å²) < 4.78 is 5.24. The van der Waals surface area contributed by atoms with Gasteiger partial charge in [0.1, 0.15) is 0 Å². The minimum Gasteiger partial charge on any atom is -0.378 e. The summed E-state index contributed by atoms with van der Waals surface area (Å²) in [5.41, 5.74) is 2.88. The van der Waals surface area contributed by atoms with Gasteiger partial charge in [-0.1, -0.05) is 18.7 Å². The lowest BCUT2D eigenvalue weighted by atomic mass is 10.0. The molecular weight excluding hydrogens is 214 g/mol. The first-order valence-corrected chi connectivity index (χ1v) is 5.82. The van der Waals surface area contributed by atoms with Gasteiger partial charge in [0.05, 0.1) is 13.2 Å². The van der Waals surface area contributed by atoms with Gasteiger partial charge in [0.2, 0.25) is 0 Å². The fourth-order valence-corrected chi connectivity index (χ4v) is 1.94. The highest BCUT2D eigenvalue weighted by Gasteiger charge is 2.18. The van der Waals surface area contributed by atoms with Crippen LogP contribution in [0.5, 0.6) is 0 Å². The van der Waals surface area contributed by atoms with Crippen LogP contribution in [0.4, 0.5) is 0 Å². The number of benzene rings is 1. The van der Waals surface area contributed by atoms with E-state index in [0.29, 0.717) is 26.3 Å². The highest BCUT2D eigenvalue weighted by atomic mass is 16.5. The Morgan fingerprint density at radius 3 is 2.76 bits per heavy atom. The number of rotatable bonds is 2. The standard InChI is InChI=1S/C14H17NO2/c1-3-12-10-13(5-4-11(12)2)14(16)15-6-8-17-9-7-15/h3-5,10H,1,6-9H2,2H3. The molecule has 1 fully saturated rings. The quantitative estimate of drug-likeness (QED) is 0.780. The molecule has 0 radical (unpaired) electrons. The molecule has 1 aromatic rings. The molecule has 0 spiro atoms. The number of nitrogens with zero attached hydrogens (tertiary/aromatic N) is 1. The van der Waals surface area contributed by atoms with Gasteiger partial charge < -0.3 is 9.64 Å². The molecular formula is C14H17NO2. The Hall–Kier alpha value is -1.61. The summed E-state index contributed by atoms with van der Waals surface area (Å²) in [6.07, 6.45) is 1.78. The van der Waals surface area contributed by atoms with Crippen LogP contribution in [0, 0.1) is 6.92 Å². The van der Waals surface area contributed by atoms with Crippen molar-refractivity contribution in [1.82, 2.24) is 4.90 Å². The Balaban J connectivity index is 2.21. The zero-order valence-corrected chi connectivity index (χ0v) is 10.1. The van der Waals surface area contributed by atoms with E-state index < -0.39 is 0 Å². The predicted molar refractivity (Wildman–Crippen MR) is 68.0 cm³/mol. The summed E-state index contributed by atoms with van der Waals surface area (Å²) in [6.45, 7) is 8.39. The number of carbonyl (C=O) groups is 1. The van der Waals surface area contributed by atoms with E-state index in [1.54, 1.807) is 6.08 Å². The Morgan fingerprint density at radius 2 is 2.12 bits per heavy atom. The van der Waals surface area contributed by atoms with Crippen molar-refractivity contribution in [3.05, 3.63) is 41.5 Å². The summed E-state index contributed by atoms with van der Waals surface area (Å²) in [4.78, 5) is 14.0. The SMILES string of the molecule is C=Cc1cc(C(=O)N2CCOCC2)ccc1C. The second kappa shape index (κ2) is 5.15. The van der Waals surface area contributed by atoms with Gasteiger partial charge in [-0.2, -0.15) is 0 Å². The molecule has 0 aromatic heterocycles. The van der Waals surface area contributed by atoms with Crippen molar-refractivity contribution in [2.45, 2.75) is 6.92 Å². The van der Waals surface area contributed by atoms with Crippen LogP contribution < -0.4 is 0 Å². The Kier molecular flexibility index (Phi) is 3.59. The number of amides is 1. The number of hydrogen-bond acceptors (Lipinski definition) is 2. The van der Waals surface area contributed by atoms with E-state index in [4.69, 9.17) is 4.74 Å². The minimum atomic E-state index is 0.0800. The summed E-state index contributed by atoms with van der Waals surface area (Å²) in [6, 6.07) is 5.74. The average Bonchev–Trinajstić information content (AvgIpc) is 2.39. The van der Waals surface area contributed by atoms with Gasteiger partial charge in [0.15, 0.2) is 0 Å². The number of aryl methyl sites for hydroxylation is 1. The van der Waals surface area contributed by atoms with E-state index in [2.05, 4.69) is 6.58 Å². The van der Waals surface area contributed by atoms with Gasteiger partial charge in [-0.25, -0.2) is 0 Å². The van der Waals surface area contributed by atoms with Crippen LogP contribution in [-0.2, 0) is 4.74 Å². The van der Waals surface area contributed by atoms with Crippen molar-refractivity contribution in [3.63, 3.8) is 0 Å².